The number of nitrogens with zero attached hydrogens (tertiary/aromatic N) is 3. The number of aryl methyl sites for hydroxylation is 1. The molecule has 2 aromatic heterocycles. The summed E-state index contributed by atoms with van der Waals surface area (Å²) in [5.74, 6) is 0.246. The monoisotopic (exact) mass is 326 g/mol. The molecule has 0 unspecified atom stereocenters. The van der Waals surface area contributed by atoms with E-state index in [0.717, 1.165) is 11.4 Å². The summed E-state index contributed by atoms with van der Waals surface area (Å²) in [5.41, 5.74) is 4.19. The first-order chi connectivity index (χ1) is 11.2. The molecule has 1 aromatic carbocycles. The number of rotatable bonds is 5. The number of carbonyl (C=O) groups excluding carboxylic acids is 1. The molecule has 3 aromatic rings. The van der Waals surface area contributed by atoms with Gasteiger partial charge in [0.2, 0.25) is 0 Å². The van der Waals surface area contributed by atoms with Crippen molar-refractivity contribution in [1.82, 2.24) is 15.0 Å². The summed E-state index contributed by atoms with van der Waals surface area (Å²) < 4.78 is 5.73. The number of ether oxygens (including phenoxy) is 1. The minimum absolute atomic E-state index is 0.255. The summed E-state index contributed by atoms with van der Waals surface area (Å²) in [4.78, 5) is 24.5. The normalized spacial score (nSPS) is 10.3. The summed E-state index contributed by atoms with van der Waals surface area (Å²) in [6.45, 7) is 2.16. The molecule has 0 aliphatic carbocycles. The van der Waals surface area contributed by atoms with Gasteiger partial charge >= 0.3 is 0 Å². The van der Waals surface area contributed by atoms with Gasteiger partial charge in [0.15, 0.2) is 0 Å². The highest BCUT2D eigenvalue weighted by Gasteiger charge is 2.11. The third kappa shape index (κ3) is 3.89. The Labute approximate surface area is 137 Å². The molecule has 0 fully saturated rings. The first-order valence-corrected chi connectivity index (χ1v) is 7.85. The van der Waals surface area contributed by atoms with Crippen LogP contribution in [0.3, 0.4) is 0 Å². The molecule has 3 rings (SSSR count). The fraction of sp³-hybridized carbons (Fsp3) is 0.125. The van der Waals surface area contributed by atoms with Crippen molar-refractivity contribution in [3.05, 3.63) is 64.6 Å². The molecule has 0 aliphatic heterocycles. The van der Waals surface area contributed by atoms with Gasteiger partial charge in [0.25, 0.3) is 5.91 Å². The second-order valence-electron chi connectivity index (χ2n) is 4.76. The lowest BCUT2D eigenvalue weighted by molar-refractivity contribution is 0.102. The van der Waals surface area contributed by atoms with Crippen molar-refractivity contribution >= 4 is 22.9 Å². The maximum absolute atomic E-state index is 12.2. The lowest BCUT2D eigenvalue weighted by Gasteiger charge is -2.11. The number of carbonyl (C=O) groups is 1. The molecule has 1 amide bonds. The summed E-state index contributed by atoms with van der Waals surface area (Å²) in [6, 6.07) is 7.24. The maximum atomic E-state index is 12.2. The van der Waals surface area contributed by atoms with Crippen molar-refractivity contribution in [2.45, 2.75) is 13.5 Å². The Morgan fingerprint density at radius 1 is 1.22 bits per heavy atom. The molecule has 116 valence electrons. The van der Waals surface area contributed by atoms with Crippen LogP contribution in [0, 0.1) is 6.92 Å². The van der Waals surface area contributed by atoms with Crippen LogP contribution in [-0.4, -0.2) is 20.9 Å². The Hall–Kier alpha value is -2.80. The Bertz CT molecular complexity index is 788. The van der Waals surface area contributed by atoms with Gasteiger partial charge in [0.05, 0.1) is 28.8 Å². The standard InChI is InChI=1S/C16H14N4O2S/c1-11-6-18-14(7-17-11)16(21)20-13-4-2-3-5-15(13)22-8-12-9-23-10-19-12/h2-7,9-10H,8H2,1H3,(H,20,21). The Morgan fingerprint density at radius 2 is 2.09 bits per heavy atom. The van der Waals surface area contributed by atoms with Gasteiger partial charge in [-0.3, -0.25) is 9.78 Å². The number of benzene rings is 1. The summed E-state index contributed by atoms with van der Waals surface area (Å²) in [7, 11) is 0. The minimum Gasteiger partial charge on any atom is -0.485 e. The molecule has 23 heavy (non-hydrogen) atoms. The van der Waals surface area contributed by atoms with E-state index in [9.17, 15) is 4.79 Å². The first-order valence-electron chi connectivity index (χ1n) is 6.91. The fourth-order valence-electron chi connectivity index (χ4n) is 1.85. The van der Waals surface area contributed by atoms with Gasteiger partial charge < -0.3 is 10.1 Å². The topological polar surface area (TPSA) is 77.0 Å². The van der Waals surface area contributed by atoms with Gasteiger partial charge in [0.1, 0.15) is 18.1 Å². The Morgan fingerprint density at radius 3 is 2.83 bits per heavy atom. The Kier molecular flexibility index (Phi) is 4.58. The zero-order valence-corrected chi connectivity index (χ0v) is 13.2. The van der Waals surface area contributed by atoms with E-state index in [1.807, 2.05) is 24.4 Å². The van der Waals surface area contributed by atoms with Crippen LogP contribution in [0.1, 0.15) is 21.9 Å². The molecule has 2 heterocycles. The molecule has 0 aliphatic rings. The van der Waals surface area contributed by atoms with Gasteiger partial charge in [-0.2, -0.15) is 0 Å². The molecule has 7 heteroatoms. The molecule has 0 bridgehead atoms. The van der Waals surface area contributed by atoms with Gasteiger partial charge in [-0.05, 0) is 19.1 Å². The van der Waals surface area contributed by atoms with Crippen molar-refractivity contribution in [2.24, 2.45) is 0 Å². The van der Waals surface area contributed by atoms with Crippen LogP contribution >= 0.6 is 11.3 Å². The predicted octanol–water partition coefficient (Wildman–Crippen LogP) is 3.07. The number of nitrogens with one attached hydrogen (secondary N) is 1. The maximum Gasteiger partial charge on any atom is 0.275 e. The van der Waals surface area contributed by atoms with E-state index in [-0.39, 0.29) is 11.6 Å². The average Bonchev–Trinajstić information content (AvgIpc) is 3.08. The SMILES string of the molecule is Cc1cnc(C(=O)Nc2ccccc2OCc2cscn2)cn1. The second-order valence-corrected chi connectivity index (χ2v) is 5.48. The van der Waals surface area contributed by atoms with Gasteiger partial charge in [-0.15, -0.1) is 11.3 Å². The van der Waals surface area contributed by atoms with Crippen molar-refractivity contribution in [2.75, 3.05) is 5.32 Å². The van der Waals surface area contributed by atoms with Crippen molar-refractivity contribution in [3.63, 3.8) is 0 Å². The fourth-order valence-corrected chi connectivity index (χ4v) is 2.40. The highest BCUT2D eigenvalue weighted by Crippen LogP contribution is 2.25. The van der Waals surface area contributed by atoms with Crippen LogP contribution in [0.15, 0.2) is 47.5 Å². The number of amides is 1. The van der Waals surface area contributed by atoms with E-state index in [0.29, 0.717) is 18.0 Å². The quantitative estimate of drug-likeness (QED) is 0.779. The zero-order valence-electron chi connectivity index (χ0n) is 12.4. The predicted molar refractivity (Wildman–Crippen MR) is 87.6 cm³/mol. The molecule has 0 atom stereocenters. The summed E-state index contributed by atoms with van der Waals surface area (Å²) in [5, 5.41) is 4.71. The van der Waals surface area contributed by atoms with Gasteiger partial charge in [-0.1, -0.05) is 12.1 Å². The number of hydrogen-bond donors (Lipinski definition) is 1. The lowest BCUT2D eigenvalue weighted by Crippen LogP contribution is -2.15. The third-order valence-corrected chi connectivity index (χ3v) is 3.64. The van der Waals surface area contributed by atoms with E-state index in [4.69, 9.17) is 4.74 Å². The van der Waals surface area contributed by atoms with Crippen LogP contribution in [-0.2, 0) is 6.61 Å². The first kappa shape index (κ1) is 15.1. The van der Waals surface area contributed by atoms with Crippen LogP contribution in [0.5, 0.6) is 5.75 Å². The van der Waals surface area contributed by atoms with Gasteiger partial charge in [0, 0.05) is 11.6 Å². The second kappa shape index (κ2) is 6.97. The van der Waals surface area contributed by atoms with Crippen LogP contribution in [0.25, 0.3) is 0 Å². The van der Waals surface area contributed by atoms with E-state index >= 15 is 0 Å². The van der Waals surface area contributed by atoms with E-state index in [2.05, 4.69) is 20.3 Å². The molecular formula is C16H14N4O2S. The van der Waals surface area contributed by atoms with Crippen molar-refractivity contribution in [1.29, 1.82) is 0 Å². The molecular weight excluding hydrogens is 312 g/mol. The number of anilines is 1. The van der Waals surface area contributed by atoms with Crippen LogP contribution in [0.4, 0.5) is 5.69 Å². The zero-order chi connectivity index (χ0) is 16.1. The lowest BCUT2D eigenvalue weighted by atomic mass is 10.2. The molecule has 0 spiro atoms. The molecule has 0 saturated carbocycles. The van der Waals surface area contributed by atoms with E-state index < -0.39 is 0 Å². The highest BCUT2D eigenvalue weighted by molar-refractivity contribution is 7.07. The van der Waals surface area contributed by atoms with Crippen LogP contribution in [0.2, 0.25) is 0 Å². The summed E-state index contributed by atoms with van der Waals surface area (Å²) >= 11 is 1.51. The van der Waals surface area contributed by atoms with Crippen molar-refractivity contribution < 1.29 is 9.53 Å². The summed E-state index contributed by atoms with van der Waals surface area (Å²) in [6.07, 6.45) is 3.00. The number of thiazole rings is 1. The van der Waals surface area contributed by atoms with Crippen LogP contribution < -0.4 is 10.1 Å². The number of para-hydroxylation sites is 2. The van der Waals surface area contributed by atoms with Gasteiger partial charge in [-0.25, -0.2) is 9.97 Å². The Balaban J connectivity index is 1.72. The largest absolute Gasteiger partial charge is 0.485 e. The van der Waals surface area contributed by atoms with Crippen molar-refractivity contribution in [3.8, 4) is 5.75 Å². The number of aromatic nitrogens is 3. The van der Waals surface area contributed by atoms with E-state index in [1.165, 1.54) is 17.5 Å². The number of hydrogen-bond acceptors (Lipinski definition) is 6. The average molecular weight is 326 g/mol. The third-order valence-electron chi connectivity index (χ3n) is 3.01. The molecule has 0 saturated heterocycles. The highest BCUT2D eigenvalue weighted by atomic mass is 32.1. The smallest absolute Gasteiger partial charge is 0.275 e. The minimum atomic E-state index is -0.331. The van der Waals surface area contributed by atoms with E-state index in [1.54, 1.807) is 23.8 Å². The molecule has 6 nitrogen and oxygen atoms in total. The molecule has 1 N–H and O–H groups in total. The molecule has 0 radical (unpaired) electrons.